The lowest BCUT2D eigenvalue weighted by atomic mass is 9.84. The molecule has 0 aliphatic carbocycles. The maximum atomic E-state index is 14.0. The van der Waals surface area contributed by atoms with Gasteiger partial charge in [-0.15, -0.1) is 0 Å². The summed E-state index contributed by atoms with van der Waals surface area (Å²) in [6, 6.07) is 17.2. The van der Waals surface area contributed by atoms with Gasteiger partial charge >= 0.3 is 0 Å². The van der Waals surface area contributed by atoms with E-state index >= 15 is 0 Å². The van der Waals surface area contributed by atoms with Crippen LogP contribution >= 0.6 is 0 Å². The predicted molar refractivity (Wildman–Crippen MR) is 97.7 cm³/mol. The van der Waals surface area contributed by atoms with Crippen LogP contribution in [0.25, 0.3) is 0 Å². The summed E-state index contributed by atoms with van der Waals surface area (Å²) in [4.78, 5) is 14.6. The first-order valence-electron chi connectivity index (χ1n) is 8.95. The zero-order chi connectivity index (χ0) is 17.6. The van der Waals surface area contributed by atoms with E-state index in [1.54, 1.807) is 6.07 Å². The van der Waals surface area contributed by atoms with Crippen molar-refractivity contribution >= 4 is 5.91 Å². The Morgan fingerprint density at radius 1 is 1.12 bits per heavy atom. The fraction of sp³-hybridized carbons (Fsp3) is 0.381. The number of benzene rings is 2. The molecule has 1 fully saturated rings. The molecule has 132 valence electrons. The first kappa shape index (κ1) is 17.6. The van der Waals surface area contributed by atoms with Crippen molar-refractivity contribution in [2.45, 2.75) is 25.8 Å². The van der Waals surface area contributed by atoms with Gasteiger partial charge in [-0.3, -0.25) is 9.69 Å². The van der Waals surface area contributed by atoms with E-state index in [9.17, 15) is 9.18 Å². The van der Waals surface area contributed by atoms with Crippen molar-refractivity contribution < 1.29 is 9.18 Å². The minimum Gasteiger partial charge on any atom is -0.356 e. The highest BCUT2D eigenvalue weighted by Crippen LogP contribution is 2.31. The van der Waals surface area contributed by atoms with Crippen LogP contribution in [0.1, 0.15) is 30.4 Å². The molecule has 2 aromatic rings. The lowest BCUT2D eigenvalue weighted by molar-refractivity contribution is -0.127. The van der Waals surface area contributed by atoms with Crippen molar-refractivity contribution in [1.82, 2.24) is 10.2 Å². The quantitative estimate of drug-likeness (QED) is 0.902. The molecule has 0 radical (unpaired) electrons. The fourth-order valence-corrected chi connectivity index (χ4v) is 3.66. The van der Waals surface area contributed by atoms with Crippen LogP contribution in [0.5, 0.6) is 0 Å². The van der Waals surface area contributed by atoms with Gasteiger partial charge in [-0.1, -0.05) is 48.5 Å². The molecule has 4 heteroatoms. The van der Waals surface area contributed by atoms with Crippen molar-refractivity contribution in [3.05, 3.63) is 71.5 Å². The van der Waals surface area contributed by atoms with Crippen LogP contribution < -0.4 is 5.32 Å². The van der Waals surface area contributed by atoms with E-state index in [-0.39, 0.29) is 23.6 Å². The third kappa shape index (κ3) is 4.45. The largest absolute Gasteiger partial charge is 0.356 e. The van der Waals surface area contributed by atoms with E-state index in [1.165, 1.54) is 11.6 Å². The van der Waals surface area contributed by atoms with Gasteiger partial charge in [-0.05, 0) is 30.9 Å². The van der Waals surface area contributed by atoms with Crippen LogP contribution in [0, 0.1) is 11.7 Å². The Kier molecular flexibility index (Phi) is 5.82. The molecule has 0 bridgehead atoms. The molecule has 1 aliphatic heterocycles. The average molecular weight is 340 g/mol. The summed E-state index contributed by atoms with van der Waals surface area (Å²) < 4.78 is 14.0. The number of carbonyl (C=O) groups is 1. The number of likely N-dealkylation sites (tertiary alicyclic amines) is 1. The maximum absolute atomic E-state index is 14.0. The Morgan fingerprint density at radius 3 is 2.56 bits per heavy atom. The van der Waals surface area contributed by atoms with Gasteiger partial charge < -0.3 is 5.32 Å². The number of nitrogens with zero attached hydrogens (tertiary/aromatic N) is 1. The highest BCUT2D eigenvalue weighted by molar-refractivity contribution is 5.79. The zero-order valence-electron chi connectivity index (χ0n) is 14.6. The molecule has 3 rings (SSSR count). The Morgan fingerprint density at radius 2 is 1.84 bits per heavy atom. The van der Waals surface area contributed by atoms with Gasteiger partial charge in [-0.25, -0.2) is 4.39 Å². The highest BCUT2D eigenvalue weighted by Gasteiger charge is 2.32. The third-order valence-corrected chi connectivity index (χ3v) is 4.87. The molecular formula is C21H25FN2O. The zero-order valence-corrected chi connectivity index (χ0v) is 14.6. The summed E-state index contributed by atoms with van der Waals surface area (Å²) in [6.45, 7) is 4.62. The van der Waals surface area contributed by atoms with Gasteiger partial charge in [0, 0.05) is 31.7 Å². The smallest absolute Gasteiger partial charge is 0.224 e. The van der Waals surface area contributed by atoms with Crippen molar-refractivity contribution in [1.29, 1.82) is 0 Å². The predicted octanol–water partition coefficient (Wildman–Crippen LogP) is 3.57. The van der Waals surface area contributed by atoms with Crippen LogP contribution in [0.2, 0.25) is 0 Å². The number of hydrogen-bond acceptors (Lipinski definition) is 2. The average Bonchev–Trinajstić information content (AvgIpc) is 2.64. The molecule has 0 saturated carbocycles. The summed E-state index contributed by atoms with van der Waals surface area (Å²) in [5, 5.41) is 2.94. The summed E-state index contributed by atoms with van der Waals surface area (Å²) in [7, 11) is 0. The van der Waals surface area contributed by atoms with E-state index in [2.05, 4.69) is 22.3 Å². The first-order chi connectivity index (χ1) is 12.2. The summed E-state index contributed by atoms with van der Waals surface area (Å²) in [5.41, 5.74) is 1.93. The minimum atomic E-state index is -0.182. The van der Waals surface area contributed by atoms with Gasteiger partial charge in [-0.2, -0.15) is 0 Å². The molecule has 2 atom stereocenters. The van der Waals surface area contributed by atoms with E-state index < -0.39 is 0 Å². The van der Waals surface area contributed by atoms with Crippen LogP contribution in [-0.2, 0) is 11.3 Å². The van der Waals surface area contributed by atoms with Crippen molar-refractivity contribution in [3.8, 4) is 0 Å². The Labute approximate surface area is 148 Å². The topological polar surface area (TPSA) is 32.3 Å². The molecule has 1 N–H and O–H groups in total. The number of halogens is 1. The van der Waals surface area contributed by atoms with Crippen LogP contribution in [-0.4, -0.2) is 30.4 Å². The number of amides is 1. The van der Waals surface area contributed by atoms with E-state index in [0.717, 1.165) is 13.0 Å². The molecule has 0 spiro atoms. The maximum Gasteiger partial charge on any atom is 0.224 e. The van der Waals surface area contributed by atoms with Gasteiger partial charge in [0.2, 0.25) is 5.91 Å². The number of nitrogens with one attached hydrogen (secondary N) is 1. The fourth-order valence-electron chi connectivity index (χ4n) is 3.66. The SMILES string of the molecule is CCNC(=O)C1CC(c2ccccc2)CN(Cc2ccccc2F)C1. The van der Waals surface area contributed by atoms with Gasteiger partial charge in [0.05, 0.1) is 5.92 Å². The second-order valence-corrected chi connectivity index (χ2v) is 6.72. The second kappa shape index (κ2) is 8.26. The molecule has 0 aromatic heterocycles. The van der Waals surface area contributed by atoms with Crippen LogP contribution in [0.15, 0.2) is 54.6 Å². The molecule has 25 heavy (non-hydrogen) atoms. The number of hydrogen-bond donors (Lipinski definition) is 1. The first-order valence-corrected chi connectivity index (χ1v) is 8.95. The van der Waals surface area contributed by atoms with Crippen molar-refractivity contribution in [2.75, 3.05) is 19.6 Å². The molecule has 1 amide bonds. The number of carbonyl (C=O) groups excluding carboxylic acids is 1. The molecule has 1 saturated heterocycles. The summed E-state index contributed by atoms with van der Waals surface area (Å²) in [5.74, 6) is 0.139. The third-order valence-electron chi connectivity index (χ3n) is 4.87. The van der Waals surface area contributed by atoms with Gasteiger partial charge in [0.15, 0.2) is 0 Å². The van der Waals surface area contributed by atoms with Crippen molar-refractivity contribution in [2.24, 2.45) is 5.92 Å². The van der Waals surface area contributed by atoms with Gasteiger partial charge in [0.1, 0.15) is 5.82 Å². The highest BCUT2D eigenvalue weighted by atomic mass is 19.1. The number of rotatable bonds is 5. The Balaban J connectivity index is 1.79. The van der Waals surface area contributed by atoms with Crippen LogP contribution in [0.3, 0.4) is 0 Å². The van der Waals surface area contributed by atoms with Gasteiger partial charge in [0.25, 0.3) is 0 Å². The van der Waals surface area contributed by atoms with E-state index in [1.807, 2.05) is 37.3 Å². The van der Waals surface area contributed by atoms with E-state index in [0.29, 0.717) is 25.2 Å². The molecule has 2 unspecified atom stereocenters. The van der Waals surface area contributed by atoms with E-state index in [4.69, 9.17) is 0 Å². The Bertz CT molecular complexity index is 704. The lowest BCUT2D eigenvalue weighted by Crippen LogP contribution is -2.45. The monoisotopic (exact) mass is 340 g/mol. The standard InChI is InChI=1S/C21H25FN2O/c1-2-23-21(25)19-12-18(16-8-4-3-5-9-16)14-24(15-19)13-17-10-6-7-11-20(17)22/h3-11,18-19H,2,12-15H2,1H3,(H,23,25). The second-order valence-electron chi connectivity index (χ2n) is 6.72. The van der Waals surface area contributed by atoms with Crippen molar-refractivity contribution in [3.63, 3.8) is 0 Å². The normalized spacial score (nSPS) is 21.0. The molecule has 2 aromatic carbocycles. The number of piperidine rings is 1. The minimum absolute atomic E-state index is 0.0642. The summed E-state index contributed by atoms with van der Waals surface area (Å²) >= 11 is 0. The lowest BCUT2D eigenvalue weighted by Gasteiger charge is -2.37. The van der Waals surface area contributed by atoms with Crippen LogP contribution in [0.4, 0.5) is 4.39 Å². The Hall–Kier alpha value is -2.20. The molecule has 3 nitrogen and oxygen atoms in total. The summed E-state index contributed by atoms with van der Waals surface area (Å²) in [6.07, 6.45) is 0.837. The molecule has 1 aliphatic rings. The molecule has 1 heterocycles. The molecular weight excluding hydrogens is 315 g/mol.